The fourth-order valence-corrected chi connectivity index (χ4v) is 2.24. The molecule has 1 aromatic heterocycles. The summed E-state index contributed by atoms with van der Waals surface area (Å²) in [6.45, 7) is 7.47. The molecule has 0 fully saturated rings. The van der Waals surface area contributed by atoms with E-state index in [2.05, 4.69) is 29.1 Å². The van der Waals surface area contributed by atoms with Crippen LogP contribution in [-0.4, -0.2) is 40.0 Å². The molecule has 0 aliphatic rings. The number of aliphatic hydroxyl groups is 1. The number of aryl methyl sites for hydroxylation is 1. The van der Waals surface area contributed by atoms with E-state index < -0.39 is 6.10 Å². The van der Waals surface area contributed by atoms with E-state index in [1.807, 2.05) is 0 Å². The summed E-state index contributed by atoms with van der Waals surface area (Å²) in [5, 5.41) is 13.5. The summed E-state index contributed by atoms with van der Waals surface area (Å²) in [4.78, 5) is 18.1. The Morgan fingerprint density at radius 1 is 1.50 bits per heavy atom. The van der Waals surface area contributed by atoms with Crippen LogP contribution in [0.5, 0.6) is 0 Å². The number of rotatable bonds is 7. The minimum absolute atomic E-state index is 0.155. The van der Waals surface area contributed by atoms with Gasteiger partial charge in [0.05, 0.1) is 6.10 Å². The largest absolute Gasteiger partial charge is 0.391 e. The van der Waals surface area contributed by atoms with E-state index in [9.17, 15) is 9.90 Å². The standard InChI is InChI=1S/C12H21N3O2S/c1-8(2)5-13-6-10(16)7-18-12-14-9(3)4-11(17)15-12/h4,8,10,13,16H,5-7H2,1-3H3,(H,14,15,17). The van der Waals surface area contributed by atoms with Crippen molar-refractivity contribution in [2.45, 2.75) is 32.0 Å². The van der Waals surface area contributed by atoms with Crippen molar-refractivity contribution in [3.63, 3.8) is 0 Å². The molecule has 0 bridgehead atoms. The van der Waals surface area contributed by atoms with Gasteiger partial charge in [-0.05, 0) is 19.4 Å². The van der Waals surface area contributed by atoms with Crippen molar-refractivity contribution in [2.75, 3.05) is 18.8 Å². The Bertz CT molecular complexity index is 420. The minimum Gasteiger partial charge on any atom is -0.391 e. The van der Waals surface area contributed by atoms with Crippen LogP contribution in [-0.2, 0) is 0 Å². The number of aromatic nitrogens is 2. The van der Waals surface area contributed by atoms with Crippen LogP contribution in [0.1, 0.15) is 19.5 Å². The Hall–Kier alpha value is -0.850. The zero-order chi connectivity index (χ0) is 13.5. The zero-order valence-electron chi connectivity index (χ0n) is 11.1. The molecule has 1 heterocycles. The van der Waals surface area contributed by atoms with E-state index >= 15 is 0 Å². The van der Waals surface area contributed by atoms with Gasteiger partial charge in [-0.25, -0.2) is 4.98 Å². The lowest BCUT2D eigenvalue weighted by atomic mass is 10.2. The number of nitrogens with one attached hydrogen (secondary N) is 2. The number of aliphatic hydroxyl groups excluding tert-OH is 1. The average Bonchev–Trinajstić information content (AvgIpc) is 2.24. The second-order valence-corrected chi connectivity index (χ2v) is 5.72. The van der Waals surface area contributed by atoms with Gasteiger partial charge in [-0.2, -0.15) is 0 Å². The molecule has 0 amide bonds. The molecule has 0 saturated heterocycles. The first kappa shape index (κ1) is 15.2. The Labute approximate surface area is 111 Å². The van der Waals surface area contributed by atoms with Crippen molar-refractivity contribution in [1.29, 1.82) is 0 Å². The second-order valence-electron chi connectivity index (χ2n) is 4.71. The molecule has 0 saturated carbocycles. The molecule has 0 aliphatic heterocycles. The number of thioether (sulfide) groups is 1. The molecule has 5 nitrogen and oxygen atoms in total. The van der Waals surface area contributed by atoms with E-state index in [1.54, 1.807) is 6.92 Å². The lowest BCUT2D eigenvalue weighted by Crippen LogP contribution is -2.31. The molecule has 1 aromatic rings. The van der Waals surface area contributed by atoms with Gasteiger partial charge in [0.2, 0.25) is 0 Å². The Balaban J connectivity index is 2.33. The summed E-state index contributed by atoms with van der Waals surface area (Å²) in [6, 6.07) is 1.45. The van der Waals surface area contributed by atoms with Gasteiger partial charge in [0.1, 0.15) is 0 Å². The monoisotopic (exact) mass is 271 g/mol. The van der Waals surface area contributed by atoms with Gasteiger partial charge in [-0.1, -0.05) is 25.6 Å². The predicted molar refractivity (Wildman–Crippen MR) is 74.0 cm³/mol. The van der Waals surface area contributed by atoms with Gasteiger partial charge < -0.3 is 15.4 Å². The van der Waals surface area contributed by atoms with Gasteiger partial charge in [-0.3, -0.25) is 4.79 Å². The van der Waals surface area contributed by atoms with Gasteiger partial charge in [0, 0.05) is 24.1 Å². The molecule has 0 spiro atoms. The van der Waals surface area contributed by atoms with Crippen LogP contribution in [0.15, 0.2) is 16.0 Å². The first-order valence-corrected chi connectivity index (χ1v) is 7.05. The summed E-state index contributed by atoms with van der Waals surface area (Å²) in [6.07, 6.45) is -0.445. The molecule has 0 radical (unpaired) electrons. The lowest BCUT2D eigenvalue weighted by Gasteiger charge is -2.12. The Morgan fingerprint density at radius 2 is 2.22 bits per heavy atom. The molecule has 6 heteroatoms. The predicted octanol–water partition coefficient (Wildman–Crippen LogP) is 0.777. The van der Waals surface area contributed by atoms with Crippen molar-refractivity contribution in [1.82, 2.24) is 15.3 Å². The Kier molecular flexibility index (Phi) is 6.38. The third-order valence-electron chi connectivity index (χ3n) is 2.19. The fourth-order valence-electron chi connectivity index (χ4n) is 1.39. The van der Waals surface area contributed by atoms with Crippen LogP contribution < -0.4 is 10.9 Å². The number of H-pyrrole nitrogens is 1. The van der Waals surface area contributed by atoms with E-state index in [4.69, 9.17) is 0 Å². The first-order chi connectivity index (χ1) is 8.47. The molecular weight excluding hydrogens is 250 g/mol. The van der Waals surface area contributed by atoms with E-state index in [0.717, 1.165) is 6.54 Å². The quantitative estimate of drug-likeness (QED) is 0.504. The van der Waals surface area contributed by atoms with Crippen molar-refractivity contribution in [3.05, 3.63) is 22.1 Å². The lowest BCUT2D eigenvalue weighted by molar-refractivity contribution is 0.194. The maximum atomic E-state index is 11.2. The minimum atomic E-state index is -0.445. The summed E-state index contributed by atoms with van der Waals surface area (Å²) >= 11 is 1.36. The maximum absolute atomic E-state index is 11.2. The maximum Gasteiger partial charge on any atom is 0.251 e. The number of hydrogen-bond donors (Lipinski definition) is 3. The molecule has 102 valence electrons. The third-order valence-corrected chi connectivity index (χ3v) is 3.21. The molecule has 18 heavy (non-hydrogen) atoms. The number of aromatic amines is 1. The number of nitrogens with zero attached hydrogens (tertiary/aromatic N) is 1. The summed E-state index contributed by atoms with van der Waals surface area (Å²) in [5.74, 6) is 1.08. The highest BCUT2D eigenvalue weighted by Crippen LogP contribution is 2.12. The SMILES string of the molecule is Cc1cc(=O)[nH]c(SCC(O)CNCC(C)C)n1. The highest BCUT2D eigenvalue weighted by Gasteiger charge is 2.07. The zero-order valence-corrected chi connectivity index (χ0v) is 11.9. The number of hydrogen-bond acceptors (Lipinski definition) is 5. The summed E-state index contributed by atoms with van der Waals surface area (Å²) in [5.41, 5.74) is 0.533. The summed E-state index contributed by atoms with van der Waals surface area (Å²) in [7, 11) is 0. The molecule has 0 aromatic carbocycles. The second kappa shape index (κ2) is 7.56. The van der Waals surface area contributed by atoms with E-state index in [1.165, 1.54) is 17.8 Å². The van der Waals surface area contributed by atoms with Crippen LogP contribution in [0.25, 0.3) is 0 Å². The Morgan fingerprint density at radius 3 is 2.83 bits per heavy atom. The van der Waals surface area contributed by atoms with Crippen LogP contribution in [0, 0.1) is 12.8 Å². The highest BCUT2D eigenvalue weighted by molar-refractivity contribution is 7.99. The van der Waals surface area contributed by atoms with Gasteiger partial charge >= 0.3 is 0 Å². The molecule has 3 N–H and O–H groups in total. The topological polar surface area (TPSA) is 78.0 Å². The van der Waals surface area contributed by atoms with E-state index in [-0.39, 0.29) is 5.56 Å². The first-order valence-electron chi connectivity index (χ1n) is 6.07. The van der Waals surface area contributed by atoms with Gasteiger partial charge in [0.25, 0.3) is 5.56 Å². The normalized spacial score (nSPS) is 12.9. The van der Waals surface area contributed by atoms with Crippen molar-refractivity contribution < 1.29 is 5.11 Å². The van der Waals surface area contributed by atoms with Crippen molar-refractivity contribution >= 4 is 11.8 Å². The molecule has 1 unspecified atom stereocenters. The van der Waals surface area contributed by atoms with Crippen LogP contribution >= 0.6 is 11.8 Å². The molecule has 1 atom stereocenters. The van der Waals surface area contributed by atoms with Crippen LogP contribution in [0.2, 0.25) is 0 Å². The van der Waals surface area contributed by atoms with Crippen molar-refractivity contribution in [3.8, 4) is 0 Å². The third kappa shape index (κ3) is 6.18. The molecular formula is C12H21N3O2S. The van der Waals surface area contributed by atoms with E-state index in [0.29, 0.717) is 29.1 Å². The average molecular weight is 271 g/mol. The molecule has 0 aliphatic carbocycles. The van der Waals surface area contributed by atoms with Crippen LogP contribution in [0.3, 0.4) is 0 Å². The van der Waals surface area contributed by atoms with Gasteiger partial charge in [0.15, 0.2) is 5.16 Å². The van der Waals surface area contributed by atoms with Gasteiger partial charge in [-0.15, -0.1) is 0 Å². The molecule has 1 rings (SSSR count). The summed E-state index contributed by atoms with van der Waals surface area (Å²) < 4.78 is 0. The fraction of sp³-hybridized carbons (Fsp3) is 0.667. The smallest absolute Gasteiger partial charge is 0.251 e. The highest BCUT2D eigenvalue weighted by atomic mass is 32.2. The van der Waals surface area contributed by atoms with Crippen molar-refractivity contribution in [2.24, 2.45) is 5.92 Å². The van der Waals surface area contributed by atoms with Crippen LogP contribution in [0.4, 0.5) is 0 Å².